The maximum absolute atomic E-state index is 13.9. The molecule has 2 heterocycles. The Balaban J connectivity index is 1.49. The van der Waals surface area contributed by atoms with Crippen molar-refractivity contribution in [3.8, 4) is 5.75 Å². The summed E-state index contributed by atoms with van der Waals surface area (Å²) in [7, 11) is 1.65. The van der Waals surface area contributed by atoms with E-state index in [-0.39, 0.29) is 35.4 Å². The molecule has 5 rings (SSSR count). The number of methoxy groups -OCH3 is 1. The number of carbonyl (C=O) groups is 2. The van der Waals surface area contributed by atoms with Crippen LogP contribution in [0.3, 0.4) is 0 Å². The zero-order valence-electron chi connectivity index (χ0n) is 21.1. The molecule has 5 heteroatoms. The van der Waals surface area contributed by atoms with E-state index in [1.807, 2.05) is 29.2 Å². The van der Waals surface area contributed by atoms with Crippen LogP contribution in [0.2, 0.25) is 0 Å². The molecule has 5 atom stereocenters. The van der Waals surface area contributed by atoms with Crippen LogP contribution in [0.1, 0.15) is 56.3 Å². The van der Waals surface area contributed by atoms with Crippen LogP contribution < -0.4 is 4.74 Å². The first-order chi connectivity index (χ1) is 16.9. The number of Topliss-reactive ketones (excluding diaryl/α,β-unsaturated/α-hetero) is 1. The molecular weight excluding hydrogens is 438 g/mol. The minimum atomic E-state index is -0.400. The Bertz CT molecular complexity index is 1130. The number of aryl methyl sites for hydroxylation is 1. The predicted molar refractivity (Wildman–Crippen MR) is 135 cm³/mol. The van der Waals surface area contributed by atoms with Crippen LogP contribution in [0, 0.1) is 17.8 Å². The van der Waals surface area contributed by atoms with Crippen LogP contribution in [-0.2, 0) is 27.2 Å². The van der Waals surface area contributed by atoms with E-state index < -0.39 is 6.04 Å². The van der Waals surface area contributed by atoms with Gasteiger partial charge >= 0.3 is 0 Å². The maximum Gasteiger partial charge on any atom is 0.290 e. The number of carbonyl (C=O) groups excluding carboxylic acids is 2. The summed E-state index contributed by atoms with van der Waals surface area (Å²) >= 11 is 0. The number of amides is 1. The number of hydrogen-bond acceptors (Lipinski definition) is 4. The topological polar surface area (TPSA) is 55.8 Å². The summed E-state index contributed by atoms with van der Waals surface area (Å²) in [6.45, 7) is 7.00. The molecule has 1 saturated carbocycles. The number of rotatable bonds is 6. The van der Waals surface area contributed by atoms with E-state index in [0.717, 1.165) is 36.1 Å². The first kappa shape index (κ1) is 23.7. The van der Waals surface area contributed by atoms with Crippen LogP contribution in [0.4, 0.5) is 0 Å². The molecule has 3 aliphatic rings. The zero-order valence-corrected chi connectivity index (χ0v) is 21.1. The van der Waals surface area contributed by atoms with Gasteiger partial charge in [0.1, 0.15) is 11.9 Å². The number of hydrogen-bond donors (Lipinski definition) is 0. The van der Waals surface area contributed by atoms with Gasteiger partial charge in [0.15, 0.2) is 11.5 Å². The molecule has 0 aromatic heterocycles. The van der Waals surface area contributed by atoms with E-state index in [1.165, 1.54) is 5.56 Å². The standard InChI is InChI=1S/C30H35NO4/c1-5-20-6-10-22(11-7-20)26-25-27(32)24-17-18(2)16-19(3)28(24)35-29(25)30(33)31(26)15-14-21-8-12-23(34-4)13-9-21/h6-13,18-19,24,26,28H,5,14-17H2,1-4H3. The fourth-order valence-electron chi connectivity index (χ4n) is 6.18. The molecule has 1 amide bonds. The monoisotopic (exact) mass is 473 g/mol. The molecule has 0 N–H and O–H groups in total. The Morgan fingerprint density at radius 1 is 0.971 bits per heavy atom. The predicted octanol–water partition coefficient (Wildman–Crippen LogP) is 5.29. The van der Waals surface area contributed by atoms with Gasteiger partial charge < -0.3 is 14.4 Å². The van der Waals surface area contributed by atoms with Crippen molar-refractivity contribution in [3.05, 3.63) is 76.6 Å². The maximum atomic E-state index is 13.9. The Hall–Kier alpha value is -3.08. The second-order valence-corrected chi connectivity index (χ2v) is 10.4. The Morgan fingerprint density at radius 3 is 2.31 bits per heavy atom. The molecule has 0 radical (unpaired) electrons. The Labute approximate surface area is 208 Å². The zero-order chi connectivity index (χ0) is 24.7. The average molecular weight is 474 g/mol. The van der Waals surface area contributed by atoms with Crippen LogP contribution >= 0.6 is 0 Å². The molecule has 2 aliphatic heterocycles. The van der Waals surface area contributed by atoms with Crippen LogP contribution in [-0.4, -0.2) is 36.3 Å². The van der Waals surface area contributed by atoms with Crippen molar-refractivity contribution in [2.24, 2.45) is 17.8 Å². The summed E-state index contributed by atoms with van der Waals surface area (Å²) in [4.78, 5) is 29.5. The van der Waals surface area contributed by atoms with E-state index in [0.29, 0.717) is 24.5 Å². The molecule has 0 spiro atoms. The third kappa shape index (κ3) is 4.26. The van der Waals surface area contributed by atoms with E-state index in [1.54, 1.807) is 7.11 Å². The van der Waals surface area contributed by atoms with Crippen molar-refractivity contribution in [3.63, 3.8) is 0 Å². The van der Waals surface area contributed by atoms with E-state index >= 15 is 0 Å². The Morgan fingerprint density at radius 2 is 1.66 bits per heavy atom. The van der Waals surface area contributed by atoms with E-state index in [9.17, 15) is 9.59 Å². The highest BCUT2D eigenvalue weighted by Crippen LogP contribution is 2.48. The van der Waals surface area contributed by atoms with Gasteiger partial charge in [0.05, 0.1) is 24.6 Å². The molecule has 35 heavy (non-hydrogen) atoms. The molecule has 5 unspecified atom stereocenters. The molecular formula is C30H35NO4. The first-order valence-corrected chi connectivity index (χ1v) is 12.9. The number of ether oxygens (including phenoxy) is 2. The lowest BCUT2D eigenvalue weighted by atomic mass is 9.70. The Kier molecular flexibility index (Phi) is 6.43. The van der Waals surface area contributed by atoms with Gasteiger partial charge in [-0.2, -0.15) is 0 Å². The minimum absolute atomic E-state index is 0.111. The SMILES string of the molecule is CCc1ccc(C2C3=C(OC4C(C)CC(C)CC4C3=O)C(=O)N2CCc2ccc(OC)cc2)cc1. The highest BCUT2D eigenvalue weighted by molar-refractivity contribution is 6.11. The van der Waals surface area contributed by atoms with Crippen molar-refractivity contribution in [2.75, 3.05) is 13.7 Å². The highest BCUT2D eigenvalue weighted by atomic mass is 16.5. The molecule has 1 aliphatic carbocycles. The lowest BCUT2D eigenvalue weighted by Gasteiger charge is -2.41. The normalized spacial score (nSPS) is 28.0. The fraction of sp³-hybridized carbons (Fsp3) is 0.467. The summed E-state index contributed by atoms with van der Waals surface area (Å²) in [5, 5.41) is 0. The second kappa shape index (κ2) is 9.52. The molecule has 0 bridgehead atoms. The van der Waals surface area contributed by atoms with Gasteiger partial charge in [-0.1, -0.05) is 57.2 Å². The summed E-state index contributed by atoms with van der Waals surface area (Å²) < 4.78 is 11.7. The highest BCUT2D eigenvalue weighted by Gasteiger charge is 2.53. The van der Waals surface area contributed by atoms with Crippen molar-refractivity contribution in [2.45, 2.75) is 58.6 Å². The van der Waals surface area contributed by atoms with Gasteiger partial charge in [0.25, 0.3) is 5.91 Å². The second-order valence-electron chi connectivity index (χ2n) is 10.4. The van der Waals surface area contributed by atoms with E-state index in [4.69, 9.17) is 9.47 Å². The van der Waals surface area contributed by atoms with Crippen molar-refractivity contribution in [1.82, 2.24) is 4.90 Å². The molecule has 5 nitrogen and oxygen atoms in total. The van der Waals surface area contributed by atoms with E-state index in [2.05, 4.69) is 45.0 Å². The van der Waals surface area contributed by atoms with Gasteiger partial charge in [-0.25, -0.2) is 0 Å². The molecule has 1 fully saturated rings. The molecule has 184 valence electrons. The third-order valence-corrected chi connectivity index (χ3v) is 8.03. The quantitative estimate of drug-likeness (QED) is 0.572. The van der Waals surface area contributed by atoms with Crippen LogP contribution in [0.25, 0.3) is 0 Å². The lowest BCUT2D eigenvalue weighted by Crippen LogP contribution is -2.45. The summed E-state index contributed by atoms with van der Waals surface area (Å²) in [5.74, 6) is 1.62. The van der Waals surface area contributed by atoms with Crippen molar-refractivity contribution < 1.29 is 19.1 Å². The first-order valence-electron chi connectivity index (χ1n) is 12.9. The fourth-order valence-corrected chi connectivity index (χ4v) is 6.18. The van der Waals surface area contributed by atoms with Gasteiger partial charge in [0, 0.05) is 6.54 Å². The van der Waals surface area contributed by atoms with Crippen LogP contribution in [0.5, 0.6) is 5.75 Å². The number of ketones is 1. The smallest absolute Gasteiger partial charge is 0.290 e. The van der Waals surface area contributed by atoms with Gasteiger partial charge in [-0.3, -0.25) is 9.59 Å². The van der Waals surface area contributed by atoms with Crippen molar-refractivity contribution >= 4 is 11.7 Å². The van der Waals surface area contributed by atoms with Gasteiger partial charge in [-0.05, 0) is 66.3 Å². The van der Waals surface area contributed by atoms with Crippen molar-refractivity contribution in [1.29, 1.82) is 0 Å². The average Bonchev–Trinajstić information content (AvgIpc) is 3.15. The summed E-state index contributed by atoms with van der Waals surface area (Å²) in [5.41, 5.74) is 3.89. The number of nitrogens with zero attached hydrogens (tertiary/aromatic N) is 1. The molecule has 2 aromatic rings. The van der Waals surface area contributed by atoms with Gasteiger partial charge in [0.2, 0.25) is 0 Å². The summed E-state index contributed by atoms with van der Waals surface area (Å²) in [6.07, 6.45) is 3.28. The number of benzene rings is 2. The minimum Gasteiger partial charge on any atom is -0.497 e. The molecule has 0 saturated heterocycles. The lowest BCUT2D eigenvalue weighted by molar-refractivity contribution is -0.138. The summed E-state index contributed by atoms with van der Waals surface area (Å²) in [6, 6.07) is 15.9. The largest absolute Gasteiger partial charge is 0.497 e. The third-order valence-electron chi connectivity index (χ3n) is 8.03. The van der Waals surface area contributed by atoms with Crippen LogP contribution in [0.15, 0.2) is 59.9 Å². The molecule has 2 aromatic carbocycles. The number of fused-ring (bicyclic) bond motifs is 1. The van der Waals surface area contributed by atoms with Gasteiger partial charge in [-0.15, -0.1) is 0 Å².